The smallest absolute Gasteiger partial charge is 0.0325 e. The average Bonchev–Trinajstić information content (AvgIpc) is 2.89. The quantitative estimate of drug-likeness (QED) is 0.848. The Kier molecular flexibility index (Phi) is 4.40. The summed E-state index contributed by atoms with van der Waals surface area (Å²) in [7, 11) is 0. The van der Waals surface area contributed by atoms with E-state index >= 15 is 0 Å². The number of hydrogen-bond acceptors (Lipinski definition) is 1. The molecule has 3 rings (SSSR count). The summed E-state index contributed by atoms with van der Waals surface area (Å²) in [6.45, 7) is 4.61. The molecule has 1 atom stereocenters. The molecule has 0 saturated heterocycles. The first kappa shape index (κ1) is 14.3. The summed E-state index contributed by atoms with van der Waals surface area (Å²) < 4.78 is 0. The molecule has 1 aliphatic rings. The van der Waals surface area contributed by atoms with Gasteiger partial charge in [0.1, 0.15) is 0 Å². The molecule has 2 aromatic carbocycles. The summed E-state index contributed by atoms with van der Waals surface area (Å²) in [4.78, 5) is 0. The van der Waals surface area contributed by atoms with E-state index in [0.29, 0.717) is 18.0 Å². The zero-order valence-electron chi connectivity index (χ0n) is 13.0. The zero-order valence-corrected chi connectivity index (χ0v) is 13.0. The summed E-state index contributed by atoms with van der Waals surface area (Å²) in [5.74, 6) is 0.700. The van der Waals surface area contributed by atoms with Gasteiger partial charge in [0.05, 0.1) is 0 Å². The maximum Gasteiger partial charge on any atom is 0.0325 e. The van der Waals surface area contributed by atoms with Gasteiger partial charge in [0.15, 0.2) is 0 Å². The van der Waals surface area contributed by atoms with Gasteiger partial charge in [-0.3, -0.25) is 0 Å². The van der Waals surface area contributed by atoms with E-state index < -0.39 is 0 Å². The molecule has 0 radical (unpaired) electrons. The van der Waals surface area contributed by atoms with Crippen LogP contribution in [0.4, 0.5) is 0 Å². The van der Waals surface area contributed by atoms with Crippen LogP contribution in [0.5, 0.6) is 0 Å². The molecule has 1 aliphatic carbocycles. The Morgan fingerprint density at radius 2 is 1.48 bits per heavy atom. The van der Waals surface area contributed by atoms with Crippen molar-refractivity contribution in [3.63, 3.8) is 0 Å². The van der Waals surface area contributed by atoms with Crippen molar-refractivity contribution in [2.24, 2.45) is 5.92 Å². The van der Waals surface area contributed by atoms with Crippen LogP contribution in [0.1, 0.15) is 43.0 Å². The monoisotopic (exact) mass is 279 g/mol. The fourth-order valence-corrected chi connectivity index (χ4v) is 3.42. The van der Waals surface area contributed by atoms with Crippen LogP contribution in [-0.4, -0.2) is 6.04 Å². The minimum Gasteiger partial charge on any atom is -0.307 e. The van der Waals surface area contributed by atoms with E-state index in [2.05, 4.69) is 73.8 Å². The maximum atomic E-state index is 3.91. The van der Waals surface area contributed by atoms with Gasteiger partial charge in [0.2, 0.25) is 0 Å². The van der Waals surface area contributed by atoms with Gasteiger partial charge in [0, 0.05) is 12.1 Å². The van der Waals surface area contributed by atoms with Crippen LogP contribution in [0.2, 0.25) is 0 Å². The minimum atomic E-state index is 0.463. The van der Waals surface area contributed by atoms with Gasteiger partial charge in [-0.2, -0.15) is 0 Å². The first-order valence-corrected chi connectivity index (χ1v) is 8.10. The molecule has 1 nitrogen and oxygen atoms in total. The molecule has 2 aromatic rings. The van der Waals surface area contributed by atoms with Gasteiger partial charge >= 0.3 is 0 Å². The van der Waals surface area contributed by atoms with Crippen LogP contribution in [0.25, 0.3) is 0 Å². The number of rotatable bonds is 5. The van der Waals surface area contributed by atoms with Crippen LogP contribution in [0, 0.1) is 5.92 Å². The van der Waals surface area contributed by atoms with Crippen molar-refractivity contribution in [1.29, 1.82) is 0 Å². The fourth-order valence-electron chi connectivity index (χ4n) is 3.42. The molecule has 0 saturated carbocycles. The summed E-state index contributed by atoms with van der Waals surface area (Å²) in [5, 5.41) is 3.91. The predicted octanol–water partition coefficient (Wildman–Crippen LogP) is 4.53. The second-order valence-corrected chi connectivity index (χ2v) is 6.63. The molecule has 0 bridgehead atoms. The maximum absolute atomic E-state index is 3.91. The first-order valence-electron chi connectivity index (χ1n) is 8.10. The Hall–Kier alpha value is -1.60. The molecule has 0 aromatic heterocycles. The van der Waals surface area contributed by atoms with E-state index in [1.165, 1.54) is 23.1 Å². The van der Waals surface area contributed by atoms with Crippen molar-refractivity contribution in [2.75, 3.05) is 0 Å². The lowest BCUT2D eigenvalue weighted by Gasteiger charge is -2.25. The molecule has 1 unspecified atom stereocenters. The molecule has 1 heteroatoms. The highest BCUT2D eigenvalue weighted by atomic mass is 15.0. The van der Waals surface area contributed by atoms with Crippen molar-refractivity contribution >= 4 is 0 Å². The summed E-state index contributed by atoms with van der Waals surface area (Å²) in [5.41, 5.74) is 4.46. The van der Waals surface area contributed by atoms with Crippen LogP contribution >= 0.6 is 0 Å². The topological polar surface area (TPSA) is 12.0 Å². The molecule has 0 amide bonds. The van der Waals surface area contributed by atoms with Gasteiger partial charge in [-0.15, -0.1) is 0 Å². The third kappa shape index (κ3) is 3.54. The summed E-state index contributed by atoms with van der Waals surface area (Å²) in [6, 6.07) is 20.8. The second kappa shape index (κ2) is 6.44. The second-order valence-electron chi connectivity index (χ2n) is 6.63. The van der Waals surface area contributed by atoms with Crippen LogP contribution in [0.3, 0.4) is 0 Å². The zero-order chi connectivity index (χ0) is 14.7. The molecule has 21 heavy (non-hydrogen) atoms. The van der Waals surface area contributed by atoms with Gasteiger partial charge in [-0.1, -0.05) is 68.4 Å². The Morgan fingerprint density at radius 3 is 2.05 bits per heavy atom. The van der Waals surface area contributed by atoms with E-state index in [0.717, 1.165) is 12.8 Å². The average molecular weight is 279 g/mol. The van der Waals surface area contributed by atoms with Crippen LogP contribution in [0.15, 0.2) is 54.6 Å². The highest BCUT2D eigenvalue weighted by molar-refractivity contribution is 5.33. The lowest BCUT2D eigenvalue weighted by Crippen LogP contribution is -2.34. The van der Waals surface area contributed by atoms with Crippen molar-refractivity contribution in [3.05, 3.63) is 71.3 Å². The van der Waals surface area contributed by atoms with E-state index in [1.54, 1.807) is 0 Å². The fraction of sp³-hybridized carbons (Fsp3) is 0.400. The SMILES string of the molecule is CC(C)CC(NC1Cc2ccccc2C1)c1ccccc1. The van der Waals surface area contributed by atoms with Gasteiger partial charge in [-0.25, -0.2) is 0 Å². The van der Waals surface area contributed by atoms with Crippen molar-refractivity contribution in [2.45, 2.75) is 45.2 Å². The molecule has 0 aliphatic heterocycles. The molecule has 1 N–H and O–H groups in total. The standard InChI is InChI=1S/C20H25N/c1-15(2)12-20(16-8-4-3-5-9-16)21-19-13-17-10-6-7-11-18(17)14-19/h3-11,15,19-21H,12-14H2,1-2H3. The number of hydrogen-bond donors (Lipinski definition) is 1. The Morgan fingerprint density at radius 1 is 0.905 bits per heavy atom. The van der Waals surface area contributed by atoms with Crippen LogP contribution < -0.4 is 5.32 Å². The Balaban J connectivity index is 1.71. The normalized spacial score (nSPS) is 16.1. The van der Waals surface area contributed by atoms with E-state index in [4.69, 9.17) is 0 Å². The molecule has 0 fully saturated rings. The molecule has 110 valence electrons. The number of nitrogens with one attached hydrogen (secondary N) is 1. The third-order valence-corrected chi connectivity index (χ3v) is 4.40. The van der Waals surface area contributed by atoms with Gasteiger partial charge in [-0.05, 0) is 41.9 Å². The highest BCUT2D eigenvalue weighted by Crippen LogP contribution is 2.27. The third-order valence-electron chi connectivity index (χ3n) is 4.40. The molecule has 0 spiro atoms. The number of benzene rings is 2. The lowest BCUT2D eigenvalue weighted by molar-refractivity contribution is 0.383. The molecule has 0 heterocycles. The largest absolute Gasteiger partial charge is 0.307 e. The van der Waals surface area contributed by atoms with Gasteiger partial charge in [0.25, 0.3) is 0 Å². The molecular weight excluding hydrogens is 254 g/mol. The number of fused-ring (bicyclic) bond motifs is 1. The minimum absolute atomic E-state index is 0.463. The lowest BCUT2D eigenvalue weighted by atomic mass is 9.96. The van der Waals surface area contributed by atoms with Crippen molar-refractivity contribution < 1.29 is 0 Å². The van der Waals surface area contributed by atoms with E-state index in [1.807, 2.05) is 0 Å². The van der Waals surface area contributed by atoms with E-state index in [9.17, 15) is 0 Å². The van der Waals surface area contributed by atoms with Gasteiger partial charge < -0.3 is 5.32 Å². The summed E-state index contributed by atoms with van der Waals surface area (Å²) in [6.07, 6.45) is 3.52. The highest BCUT2D eigenvalue weighted by Gasteiger charge is 2.24. The summed E-state index contributed by atoms with van der Waals surface area (Å²) >= 11 is 0. The van der Waals surface area contributed by atoms with Crippen molar-refractivity contribution in [3.8, 4) is 0 Å². The Labute approximate surface area is 128 Å². The Bertz CT molecular complexity index is 548. The predicted molar refractivity (Wildman–Crippen MR) is 89.4 cm³/mol. The molecular formula is C20H25N. The van der Waals surface area contributed by atoms with E-state index in [-0.39, 0.29) is 0 Å². The van der Waals surface area contributed by atoms with Crippen LogP contribution in [-0.2, 0) is 12.8 Å². The van der Waals surface area contributed by atoms with Crippen molar-refractivity contribution in [1.82, 2.24) is 5.32 Å². The first-order chi connectivity index (χ1) is 10.2.